The number of hydrogen-bond donors (Lipinski definition) is 3. The maximum absolute atomic E-state index is 11.6. The first-order valence-corrected chi connectivity index (χ1v) is 7.46. The van der Waals surface area contributed by atoms with Crippen LogP contribution in [0.1, 0.15) is 26.3 Å². The molecule has 1 aromatic carbocycles. The van der Waals surface area contributed by atoms with Gasteiger partial charge < -0.3 is 16.0 Å². The zero-order chi connectivity index (χ0) is 15.9. The molecule has 0 bridgehead atoms. The lowest BCUT2D eigenvalue weighted by atomic mass is 10.1. The Hall–Kier alpha value is -2.56. The van der Waals surface area contributed by atoms with Crippen LogP contribution >= 0.6 is 0 Å². The van der Waals surface area contributed by atoms with E-state index in [2.05, 4.69) is 40.0 Å². The monoisotopic (exact) mass is 298 g/mol. The molecule has 0 aliphatic rings. The van der Waals surface area contributed by atoms with Crippen molar-refractivity contribution in [3.8, 4) is 0 Å². The number of carbonyl (C=O) groups is 1. The summed E-state index contributed by atoms with van der Waals surface area (Å²) in [4.78, 5) is 15.9. The Bertz CT molecular complexity index is 606. The summed E-state index contributed by atoms with van der Waals surface area (Å²) in [6.07, 6.45) is 2.65. The highest BCUT2D eigenvalue weighted by Crippen LogP contribution is 2.17. The number of hydrogen-bond acceptors (Lipinski definition) is 3. The zero-order valence-corrected chi connectivity index (χ0v) is 13.2. The molecule has 2 aromatic rings. The smallest absolute Gasteiger partial charge is 0.319 e. The first-order valence-electron chi connectivity index (χ1n) is 7.46. The van der Waals surface area contributed by atoms with Gasteiger partial charge in [-0.05, 0) is 50.1 Å². The zero-order valence-electron chi connectivity index (χ0n) is 13.2. The molecule has 0 atom stereocenters. The van der Waals surface area contributed by atoms with Crippen molar-refractivity contribution < 1.29 is 4.79 Å². The SMILES string of the molecule is CCc1ccc(Nc2ccc(NC(=O)NC(C)C)cn2)cc1. The van der Waals surface area contributed by atoms with Crippen LogP contribution in [-0.4, -0.2) is 17.1 Å². The molecule has 1 aromatic heterocycles. The summed E-state index contributed by atoms with van der Waals surface area (Å²) in [6, 6.07) is 11.8. The van der Waals surface area contributed by atoms with Crippen LogP contribution in [0.5, 0.6) is 0 Å². The Kier molecular flexibility index (Phi) is 5.36. The highest BCUT2D eigenvalue weighted by molar-refractivity contribution is 5.89. The minimum atomic E-state index is -0.229. The van der Waals surface area contributed by atoms with E-state index < -0.39 is 0 Å². The second-order valence-corrected chi connectivity index (χ2v) is 5.36. The van der Waals surface area contributed by atoms with Gasteiger partial charge in [0, 0.05) is 11.7 Å². The van der Waals surface area contributed by atoms with E-state index in [1.807, 2.05) is 38.1 Å². The van der Waals surface area contributed by atoms with Crippen molar-refractivity contribution in [2.45, 2.75) is 33.2 Å². The second kappa shape index (κ2) is 7.45. The molecule has 0 aliphatic carbocycles. The normalized spacial score (nSPS) is 10.4. The topological polar surface area (TPSA) is 66.0 Å². The maximum atomic E-state index is 11.6. The van der Waals surface area contributed by atoms with E-state index in [0.717, 1.165) is 17.9 Å². The van der Waals surface area contributed by atoms with E-state index in [4.69, 9.17) is 0 Å². The molecule has 0 aliphatic heterocycles. The van der Waals surface area contributed by atoms with Gasteiger partial charge in [-0.25, -0.2) is 9.78 Å². The fourth-order valence-electron chi connectivity index (χ4n) is 1.94. The minimum Gasteiger partial charge on any atom is -0.340 e. The number of pyridine rings is 1. The Labute approximate surface area is 131 Å². The third-order valence-corrected chi connectivity index (χ3v) is 3.08. The molecule has 22 heavy (non-hydrogen) atoms. The number of benzene rings is 1. The number of nitrogens with one attached hydrogen (secondary N) is 3. The molecule has 0 radical (unpaired) electrons. The van der Waals surface area contributed by atoms with Crippen molar-refractivity contribution >= 4 is 23.2 Å². The quantitative estimate of drug-likeness (QED) is 0.784. The molecule has 0 fully saturated rings. The number of aryl methyl sites for hydroxylation is 1. The van der Waals surface area contributed by atoms with Gasteiger partial charge in [-0.3, -0.25) is 0 Å². The summed E-state index contributed by atoms with van der Waals surface area (Å²) < 4.78 is 0. The number of anilines is 3. The minimum absolute atomic E-state index is 0.0972. The van der Waals surface area contributed by atoms with E-state index in [1.165, 1.54) is 5.56 Å². The van der Waals surface area contributed by atoms with Gasteiger partial charge in [0.15, 0.2) is 0 Å². The molecule has 5 nitrogen and oxygen atoms in total. The fraction of sp³-hybridized carbons (Fsp3) is 0.294. The van der Waals surface area contributed by atoms with Crippen LogP contribution in [0.25, 0.3) is 0 Å². The summed E-state index contributed by atoms with van der Waals surface area (Å²) in [5, 5.41) is 8.73. The van der Waals surface area contributed by atoms with Gasteiger partial charge in [0.1, 0.15) is 5.82 Å². The Balaban J connectivity index is 1.94. The van der Waals surface area contributed by atoms with Gasteiger partial charge in [-0.1, -0.05) is 19.1 Å². The molecule has 5 heteroatoms. The van der Waals surface area contributed by atoms with Gasteiger partial charge in [0.2, 0.25) is 0 Å². The van der Waals surface area contributed by atoms with Crippen molar-refractivity contribution in [2.24, 2.45) is 0 Å². The average Bonchev–Trinajstić information content (AvgIpc) is 2.49. The average molecular weight is 298 g/mol. The van der Waals surface area contributed by atoms with E-state index >= 15 is 0 Å². The predicted molar refractivity (Wildman–Crippen MR) is 90.6 cm³/mol. The lowest BCUT2D eigenvalue weighted by Crippen LogP contribution is -2.34. The molecule has 1 heterocycles. The highest BCUT2D eigenvalue weighted by atomic mass is 16.2. The molecule has 0 saturated carbocycles. The molecule has 0 spiro atoms. The molecule has 3 N–H and O–H groups in total. The summed E-state index contributed by atoms with van der Waals surface area (Å²) in [7, 11) is 0. The Morgan fingerprint density at radius 2 is 1.77 bits per heavy atom. The van der Waals surface area contributed by atoms with Gasteiger partial charge in [0.25, 0.3) is 0 Å². The Morgan fingerprint density at radius 1 is 1.09 bits per heavy atom. The number of carbonyl (C=O) groups excluding carboxylic acids is 1. The highest BCUT2D eigenvalue weighted by Gasteiger charge is 2.04. The lowest BCUT2D eigenvalue weighted by molar-refractivity contribution is 0.250. The number of rotatable bonds is 5. The standard InChI is InChI=1S/C17H22N4O/c1-4-13-5-7-14(8-6-13)20-16-10-9-15(11-18-16)21-17(22)19-12(2)3/h5-12H,4H2,1-3H3,(H,18,20)(H2,19,21,22). The fourth-order valence-corrected chi connectivity index (χ4v) is 1.94. The first kappa shape index (κ1) is 15.8. The van der Waals surface area contributed by atoms with Gasteiger partial charge in [-0.15, -0.1) is 0 Å². The summed E-state index contributed by atoms with van der Waals surface area (Å²) in [6.45, 7) is 5.95. The van der Waals surface area contributed by atoms with Crippen molar-refractivity contribution in [2.75, 3.05) is 10.6 Å². The number of nitrogens with zero attached hydrogens (tertiary/aromatic N) is 1. The molecule has 2 amide bonds. The van der Waals surface area contributed by atoms with Gasteiger partial charge in [-0.2, -0.15) is 0 Å². The molecule has 116 valence electrons. The van der Waals surface area contributed by atoms with Gasteiger partial charge in [0.05, 0.1) is 11.9 Å². The molecule has 2 rings (SSSR count). The maximum Gasteiger partial charge on any atom is 0.319 e. The van der Waals surface area contributed by atoms with E-state index in [-0.39, 0.29) is 12.1 Å². The molecule has 0 saturated heterocycles. The van der Waals surface area contributed by atoms with Crippen LogP contribution in [0.3, 0.4) is 0 Å². The van der Waals surface area contributed by atoms with Crippen LogP contribution in [0.15, 0.2) is 42.6 Å². The van der Waals surface area contributed by atoms with E-state index in [0.29, 0.717) is 5.69 Å². The second-order valence-electron chi connectivity index (χ2n) is 5.36. The lowest BCUT2D eigenvalue weighted by Gasteiger charge is -2.11. The summed E-state index contributed by atoms with van der Waals surface area (Å²) in [5.41, 5.74) is 2.95. The van der Waals surface area contributed by atoms with Crippen LogP contribution in [-0.2, 0) is 6.42 Å². The number of amides is 2. The molecule has 0 unspecified atom stereocenters. The summed E-state index contributed by atoms with van der Waals surface area (Å²) >= 11 is 0. The third-order valence-electron chi connectivity index (χ3n) is 3.08. The van der Waals surface area contributed by atoms with Gasteiger partial charge >= 0.3 is 6.03 Å². The van der Waals surface area contributed by atoms with Crippen molar-refractivity contribution in [3.05, 3.63) is 48.2 Å². The Morgan fingerprint density at radius 3 is 2.32 bits per heavy atom. The third kappa shape index (κ3) is 4.77. The predicted octanol–water partition coefficient (Wildman–Crippen LogP) is 3.92. The van der Waals surface area contributed by atoms with Crippen molar-refractivity contribution in [1.82, 2.24) is 10.3 Å². The van der Waals surface area contributed by atoms with Crippen LogP contribution in [0.2, 0.25) is 0 Å². The van der Waals surface area contributed by atoms with Crippen LogP contribution in [0, 0.1) is 0 Å². The summed E-state index contributed by atoms with van der Waals surface area (Å²) in [5.74, 6) is 0.735. The molecular formula is C17H22N4O. The van der Waals surface area contributed by atoms with Crippen molar-refractivity contribution in [1.29, 1.82) is 0 Å². The largest absolute Gasteiger partial charge is 0.340 e. The molecular weight excluding hydrogens is 276 g/mol. The number of urea groups is 1. The van der Waals surface area contributed by atoms with E-state index in [1.54, 1.807) is 6.20 Å². The first-order chi connectivity index (χ1) is 10.6. The van der Waals surface area contributed by atoms with Crippen molar-refractivity contribution in [3.63, 3.8) is 0 Å². The van der Waals surface area contributed by atoms with E-state index in [9.17, 15) is 4.79 Å². The number of aromatic nitrogens is 1. The van der Waals surface area contributed by atoms with Crippen LogP contribution < -0.4 is 16.0 Å². The van der Waals surface area contributed by atoms with Crippen LogP contribution in [0.4, 0.5) is 22.0 Å².